The van der Waals surface area contributed by atoms with Crippen molar-refractivity contribution in [1.29, 1.82) is 0 Å². The number of carbonyl (C=O) groups is 1. The smallest absolute Gasteiger partial charge is 0.267 e. The number of anilines is 1. The molecule has 5 nitrogen and oxygen atoms in total. The maximum Gasteiger partial charge on any atom is 0.267 e. The topological polar surface area (TPSA) is 60.5 Å². The highest BCUT2D eigenvalue weighted by Gasteiger charge is 2.15. The van der Waals surface area contributed by atoms with Gasteiger partial charge in [-0.25, -0.2) is 4.98 Å². The molecule has 0 aliphatic rings. The number of aryl methyl sites for hydroxylation is 1. The molecule has 0 spiro atoms. The van der Waals surface area contributed by atoms with Crippen molar-refractivity contribution in [3.63, 3.8) is 0 Å². The standard InChI is InChI=1S/C15H18N2O3S/c1-4-20-12-7-5-11(6-8-12)17-15(18)14-10(2)16-13(21-14)9-19-3/h5-8H,4,9H2,1-3H3,(H,17,18). The third-order valence-corrected chi connectivity index (χ3v) is 3.87. The lowest BCUT2D eigenvalue weighted by Gasteiger charge is -2.06. The fraction of sp³-hybridized carbons (Fsp3) is 0.333. The zero-order valence-corrected chi connectivity index (χ0v) is 13.1. The molecule has 21 heavy (non-hydrogen) atoms. The van der Waals surface area contributed by atoms with E-state index < -0.39 is 0 Å². The molecule has 0 bridgehead atoms. The van der Waals surface area contributed by atoms with Crippen LogP contribution in [0, 0.1) is 6.92 Å². The highest BCUT2D eigenvalue weighted by Crippen LogP contribution is 2.21. The Bertz CT molecular complexity index is 608. The molecule has 1 aromatic heterocycles. The van der Waals surface area contributed by atoms with E-state index in [9.17, 15) is 4.79 Å². The van der Waals surface area contributed by atoms with Crippen LogP contribution in [0.25, 0.3) is 0 Å². The lowest BCUT2D eigenvalue weighted by atomic mass is 10.3. The number of thiazole rings is 1. The van der Waals surface area contributed by atoms with E-state index in [-0.39, 0.29) is 5.91 Å². The molecule has 2 aromatic rings. The number of amides is 1. The molecule has 0 saturated carbocycles. The summed E-state index contributed by atoms with van der Waals surface area (Å²) in [4.78, 5) is 17.2. The molecule has 2 rings (SSSR count). The molecule has 0 fully saturated rings. The third-order valence-electron chi connectivity index (χ3n) is 2.74. The van der Waals surface area contributed by atoms with Gasteiger partial charge in [-0.3, -0.25) is 4.79 Å². The Morgan fingerprint density at radius 3 is 2.67 bits per heavy atom. The van der Waals surface area contributed by atoms with E-state index in [1.165, 1.54) is 11.3 Å². The van der Waals surface area contributed by atoms with Gasteiger partial charge in [-0.2, -0.15) is 0 Å². The fourth-order valence-corrected chi connectivity index (χ4v) is 2.77. The van der Waals surface area contributed by atoms with Crippen LogP contribution in [-0.2, 0) is 11.3 Å². The summed E-state index contributed by atoms with van der Waals surface area (Å²) in [5.74, 6) is 0.628. The van der Waals surface area contributed by atoms with Gasteiger partial charge in [0.25, 0.3) is 5.91 Å². The van der Waals surface area contributed by atoms with Crippen molar-refractivity contribution in [2.75, 3.05) is 19.0 Å². The molecule has 0 aliphatic heterocycles. The van der Waals surface area contributed by atoms with Gasteiger partial charge in [-0.15, -0.1) is 11.3 Å². The summed E-state index contributed by atoms with van der Waals surface area (Å²) >= 11 is 1.35. The third kappa shape index (κ3) is 4.03. The first-order valence-corrected chi connectivity index (χ1v) is 7.45. The van der Waals surface area contributed by atoms with Crippen LogP contribution in [-0.4, -0.2) is 24.6 Å². The van der Waals surface area contributed by atoms with Crippen molar-refractivity contribution in [2.45, 2.75) is 20.5 Å². The number of benzene rings is 1. The lowest BCUT2D eigenvalue weighted by molar-refractivity contribution is 0.103. The minimum atomic E-state index is -0.156. The van der Waals surface area contributed by atoms with Gasteiger partial charge in [0.05, 0.1) is 18.9 Å². The van der Waals surface area contributed by atoms with Gasteiger partial charge in [0, 0.05) is 12.8 Å². The second-order valence-electron chi connectivity index (χ2n) is 4.37. The number of rotatable bonds is 6. The molecule has 0 radical (unpaired) electrons. The minimum Gasteiger partial charge on any atom is -0.494 e. The van der Waals surface area contributed by atoms with Gasteiger partial charge in [0.15, 0.2) is 0 Å². The van der Waals surface area contributed by atoms with Gasteiger partial charge in [0.1, 0.15) is 15.6 Å². The van der Waals surface area contributed by atoms with Gasteiger partial charge >= 0.3 is 0 Å². The monoisotopic (exact) mass is 306 g/mol. The second-order valence-corrected chi connectivity index (χ2v) is 5.45. The number of hydrogen-bond donors (Lipinski definition) is 1. The predicted octanol–water partition coefficient (Wildman–Crippen LogP) is 3.25. The van der Waals surface area contributed by atoms with E-state index >= 15 is 0 Å². The van der Waals surface area contributed by atoms with E-state index in [0.717, 1.165) is 22.1 Å². The summed E-state index contributed by atoms with van der Waals surface area (Å²) in [5, 5.41) is 3.66. The zero-order valence-electron chi connectivity index (χ0n) is 12.3. The van der Waals surface area contributed by atoms with Crippen LogP contribution in [0.15, 0.2) is 24.3 Å². The van der Waals surface area contributed by atoms with Crippen LogP contribution in [0.5, 0.6) is 5.75 Å². The number of ether oxygens (including phenoxy) is 2. The van der Waals surface area contributed by atoms with Gasteiger partial charge in [-0.1, -0.05) is 0 Å². The minimum absolute atomic E-state index is 0.156. The molecule has 1 amide bonds. The highest BCUT2D eigenvalue weighted by atomic mass is 32.1. The van der Waals surface area contributed by atoms with Gasteiger partial charge < -0.3 is 14.8 Å². The summed E-state index contributed by atoms with van der Waals surface area (Å²) in [7, 11) is 1.61. The summed E-state index contributed by atoms with van der Waals surface area (Å²) in [5.41, 5.74) is 1.44. The average molecular weight is 306 g/mol. The Morgan fingerprint density at radius 1 is 1.33 bits per heavy atom. The Labute approximate surface area is 127 Å². The number of nitrogens with one attached hydrogen (secondary N) is 1. The van der Waals surface area contributed by atoms with Gasteiger partial charge in [-0.05, 0) is 38.1 Å². The van der Waals surface area contributed by atoms with Crippen LogP contribution in [0.1, 0.15) is 27.3 Å². The Balaban J connectivity index is 2.06. The van der Waals surface area contributed by atoms with E-state index in [4.69, 9.17) is 9.47 Å². The first-order chi connectivity index (χ1) is 10.1. The molecule has 0 aliphatic carbocycles. The molecular weight excluding hydrogens is 288 g/mol. The Kier molecular flexibility index (Phi) is 5.30. The van der Waals surface area contributed by atoms with E-state index in [2.05, 4.69) is 10.3 Å². The van der Waals surface area contributed by atoms with E-state index in [1.54, 1.807) is 7.11 Å². The number of methoxy groups -OCH3 is 1. The van der Waals surface area contributed by atoms with Crippen molar-refractivity contribution in [1.82, 2.24) is 4.98 Å². The van der Waals surface area contributed by atoms with Crippen LogP contribution < -0.4 is 10.1 Å². The first kappa shape index (κ1) is 15.5. The molecule has 1 heterocycles. The summed E-state index contributed by atoms with van der Waals surface area (Å²) in [6.45, 7) is 4.79. The fourth-order valence-electron chi connectivity index (χ4n) is 1.84. The van der Waals surface area contributed by atoms with Crippen LogP contribution in [0.4, 0.5) is 5.69 Å². The molecule has 112 valence electrons. The average Bonchev–Trinajstić information content (AvgIpc) is 2.83. The number of nitrogens with zero attached hydrogens (tertiary/aromatic N) is 1. The molecule has 0 unspecified atom stereocenters. The molecule has 0 atom stereocenters. The molecule has 6 heteroatoms. The Morgan fingerprint density at radius 2 is 2.05 bits per heavy atom. The van der Waals surface area contributed by atoms with Crippen LogP contribution >= 0.6 is 11.3 Å². The molecule has 0 saturated heterocycles. The van der Waals surface area contributed by atoms with Gasteiger partial charge in [0.2, 0.25) is 0 Å². The van der Waals surface area contributed by atoms with E-state index in [0.29, 0.717) is 18.1 Å². The predicted molar refractivity (Wildman–Crippen MR) is 83.1 cm³/mol. The SMILES string of the molecule is CCOc1ccc(NC(=O)c2sc(COC)nc2C)cc1. The summed E-state index contributed by atoms with van der Waals surface area (Å²) < 4.78 is 10.4. The number of aromatic nitrogens is 1. The molecule has 1 N–H and O–H groups in total. The lowest BCUT2D eigenvalue weighted by Crippen LogP contribution is -2.11. The second kappa shape index (κ2) is 7.19. The highest BCUT2D eigenvalue weighted by molar-refractivity contribution is 7.13. The summed E-state index contributed by atoms with van der Waals surface area (Å²) in [6, 6.07) is 7.29. The molecular formula is C15H18N2O3S. The maximum absolute atomic E-state index is 12.3. The van der Waals surface area contributed by atoms with Crippen LogP contribution in [0.2, 0.25) is 0 Å². The number of hydrogen-bond acceptors (Lipinski definition) is 5. The van der Waals surface area contributed by atoms with E-state index in [1.807, 2.05) is 38.1 Å². The van der Waals surface area contributed by atoms with Crippen molar-refractivity contribution in [2.24, 2.45) is 0 Å². The zero-order chi connectivity index (χ0) is 15.2. The van der Waals surface area contributed by atoms with Crippen LogP contribution in [0.3, 0.4) is 0 Å². The maximum atomic E-state index is 12.3. The number of carbonyl (C=O) groups excluding carboxylic acids is 1. The quantitative estimate of drug-likeness (QED) is 0.890. The van der Waals surface area contributed by atoms with Crippen molar-refractivity contribution in [3.8, 4) is 5.75 Å². The normalized spacial score (nSPS) is 10.4. The van der Waals surface area contributed by atoms with Crippen molar-refractivity contribution >= 4 is 22.9 Å². The van der Waals surface area contributed by atoms with Crippen molar-refractivity contribution < 1.29 is 14.3 Å². The summed E-state index contributed by atoms with van der Waals surface area (Å²) in [6.07, 6.45) is 0. The largest absolute Gasteiger partial charge is 0.494 e. The van der Waals surface area contributed by atoms with Crippen molar-refractivity contribution in [3.05, 3.63) is 39.8 Å². The Hall–Kier alpha value is -1.92. The molecule has 1 aromatic carbocycles. The first-order valence-electron chi connectivity index (χ1n) is 6.63.